The van der Waals surface area contributed by atoms with Crippen molar-refractivity contribution in [1.82, 2.24) is 0 Å². The number of hydrogen-bond acceptors (Lipinski definition) is 1. The molecular formula is C7H7BrClF2N. The molecule has 1 nitrogen and oxygen atoms in total. The molecule has 1 rings (SSSR count). The molecule has 0 bridgehead atoms. The number of nitrogens with two attached hydrogens (primary N) is 1. The summed E-state index contributed by atoms with van der Waals surface area (Å²) in [6.45, 7) is 0.00995. The Morgan fingerprint density at radius 2 is 1.83 bits per heavy atom. The van der Waals surface area contributed by atoms with Crippen molar-refractivity contribution in [2.24, 2.45) is 5.73 Å². The Kier molecular flexibility index (Phi) is 4.67. The van der Waals surface area contributed by atoms with Crippen LogP contribution >= 0.6 is 28.3 Å². The average molecular weight is 258 g/mol. The molecule has 2 N–H and O–H groups in total. The van der Waals surface area contributed by atoms with Crippen LogP contribution in [0.5, 0.6) is 0 Å². The maximum absolute atomic E-state index is 12.8. The van der Waals surface area contributed by atoms with Crippen LogP contribution in [0.1, 0.15) is 5.56 Å². The molecule has 1 aromatic rings. The SMILES string of the molecule is Cl.NCc1cc(F)c(Br)cc1F. The van der Waals surface area contributed by atoms with Gasteiger partial charge in [-0.3, -0.25) is 0 Å². The van der Waals surface area contributed by atoms with Crippen LogP contribution in [0.4, 0.5) is 8.78 Å². The zero-order valence-corrected chi connectivity index (χ0v) is 8.38. The van der Waals surface area contributed by atoms with Gasteiger partial charge in [0, 0.05) is 12.1 Å². The lowest BCUT2D eigenvalue weighted by molar-refractivity contribution is 0.581. The van der Waals surface area contributed by atoms with Gasteiger partial charge in [0.2, 0.25) is 0 Å². The molecule has 0 amide bonds. The molecule has 0 fully saturated rings. The molecule has 0 aromatic heterocycles. The second-order valence-electron chi connectivity index (χ2n) is 2.06. The highest BCUT2D eigenvalue weighted by atomic mass is 79.9. The molecule has 0 unspecified atom stereocenters. The molecule has 5 heteroatoms. The van der Waals surface area contributed by atoms with Crippen molar-refractivity contribution < 1.29 is 8.78 Å². The Morgan fingerprint density at radius 1 is 1.25 bits per heavy atom. The van der Waals surface area contributed by atoms with Crippen LogP contribution in [0.2, 0.25) is 0 Å². The largest absolute Gasteiger partial charge is 0.326 e. The van der Waals surface area contributed by atoms with Crippen LogP contribution in [0, 0.1) is 11.6 Å². The van der Waals surface area contributed by atoms with E-state index in [4.69, 9.17) is 5.73 Å². The summed E-state index contributed by atoms with van der Waals surface area (Å²) in [4.78, 5) is 0. The van der Waals surface area contributed by atoms with Crippen LogP contribution in [-0.2, 0) is 6.54 Å². The van der Waals surface area contributed by atoms with E-state index in [1.807, 2.05) is 0 Å². The fraction of sp³-hybridized carbons (Fsp3) is 0.143. The summed E-state index contributed by atoms with van der Waals surface area (Å²) in [5.74, 6) is -0.979. The lowest BCUT2D eigenvalue weighted by atomic mass is 10.2. The fourth-order valence-electron chi connectivity index (χ4n) is 0.720. The van der Waals surface area contributed by atoms with E-state index < -0.39 is 11.6 Å². The highest BCUT2D eigenvalue weighted by Crippen LogP contribution is 2.19. The zero-order chi connectivity index (χ0) is 8.43. The number of halogens is 4. The first-order valence-electron chi connectivity index (χ1n) is 2.98. The van der Waals surface area contributed by atoms with Gasteiger partial charge in [-0.15, -0.1) is 12.4 Å². The van der Waals surface area contributed by atoms with Crippen LogP contribution < -0.4 is 5.73 Å². The van der Waals surface area contributed by atoms with Crippen molar-refractivity contribution in [3.63, 3.8) is 0 Å². The third kappa shape index (κ3) is 2.40. The summed E-state index contributed by atoms with van der Waals surface area (Å²) < 4.78 is 25.5. The first-order valence-corrected chi connectivity index (χ1v) is 3.78. The molecule has 0 aliphatic rings. The van der Waals surface area contributed by atoms with E-state index in [2.05, 4.69) is 15.9 Å². The maximum atomic E-state index is 12.8. The Labute approximate surface area is 83.5 Å². The van der Waals surface area contributed by atoms with Gasteiger partial charge in [-0.2, -0.15) is 0 Å². The lowest BCUT2D eigenvalue weighted by Gasteiger charge is -2.00. The highest BCUT2D eigenvalue weighted by molar-refractivity contribution is 9.10. The number of benzene rings is 1. The predicted octanol–water partition coefficient (Wildman–Crippen LogP) is 2.61. The lowest BCUT2D eigenvalue weighted by Crippen LogP contribution is -2.00. The molecule has 1 aromatic carbocycles. The molecule has 0 atom stereocenters. The van der Waals surface area contributed by atoms with Crippen molar-refractivity contribution in [3.05, 3.63) is 33.8 Å². The van der Waals surface area contributed by atoms with Crippen LogP contribution in [0.3, 0.4) is 0 Å². The highest BCUT2D eigenvalue weighted by Gasteiger charge is 2.05. The standard InChI is InChI=1S/C7H6BrF2N.ClH/c8-5-2-6(9)4(3-11)1-7(5)10;/h1-2H,3,11H2;1H. The van der Waals surface area contributed by atoms with Gasteiger partial charge in [0.25, 0.3) is 0 Å². The normalized spacial score (nSPS) is 9.33. The van der Waals surface area contributed by atoms with E-state index in [-0.39, 0.29) is 29.0 Å². The Bertz CT molecular complexity index is 280. The molecule has 12 heavy (non-hydrogen) atoms. The van der Waals surface area contributed by atoms with Crippen molar-refractivity contribution in [2.75, 3.05) is 0 Å². The molecule has 0 spiro atoms. The molecule has 0 saturated carbocycles. The Morgan fingerprint density at radius 3 is 2.33 bits per heavy atom. The summed E-state index contributed by atoms with van der Waals surface area (Å²) in [6.07, 6.45) is 0. The zero-order valence-electron chi connectivity index (χ0n) is 5.98. The average Bonchev–Trinajstić information content (AvgIpc) is 1.97. The Balaban J connectivity index is 0.00000121. The second-order valence-corrected chi connectivity index (χ2v) is 2.92. The van der Waals surface area contributed by atoms with E-state index in [1.165, 1.54) is 0 Å². The molecule has 0 saturated heterocycles. The van der Waals surface area contributed by atoms with Crippen molar-refractivity contribution in [2.45, 2.75) is 6.54 Å². The topological polar surface area (TPSA) is 26.0 Å². The van der Waals surface area contributed by atoms with Gasteiger partial charge in [0.1, 0.15) is 11.6 Å². The Hall–Kier alpha value is -0.190. The summed E-state index contributed by atoms with van der Waals surface area (Å²) in [7, 11) is 0. The maximum Gasteiger partial charge on any atom is 0.137 e. The van der Waals surface area contributed by atoms with Crippen LogP contribution in [0.25, 0.3) is 0 Å². The van der Waals surface area contributed by atoms with E-state index in [0.29, 0.717) is 0 Å². The minimum atomic E-state index is -0.494. The van der Waals surface area contributed by atoms with Crippen molar-refractivity contribution in [1.29, 1.82) is 0 Å². The van der Waals surface area contributed by atoms with Crippen LogP contribution in [0.15, 0.2) is 16.6 Å². The van der Waals surface area contributed by atoms with Gasteiger partial charge in [0.15, 0.2) is 0 Å². The van der Waals surface area contributed by atoms with E-state index in [1.54, 1.807) is 0 Å². The summed E-state index contributed by atoms with van der Waals surface area (Å²) in [5.41, 5.74) is 5.33. The first-order chi connectivity index (χ1) is 5.15. The quantitative estimate of drug-likeness (QED) is 0.770. The molecular weight excluding hydrogens is 251 g/mol. The molecule has 0 aliphatic heterocycles. The number of rotatable bonds is 1. The van der Waals surface area contributed by atoms with E-state index in [9.17, 15) is 8.78 Å². The third-order valence-electron chi connectivity index (χ3n) is 1.31. The van der Waals surface area contributed by atoms with E-state index in [0.717, 1.165) is 12.1 Å². The third-order valence-corrected chi connectivity index (χ3v) is 1.92. The molecule has 0 heterocycles. The monoisotopic (exact) mass is 257 g/mol. The second kappa shape index (κ2) is 4.74. The fourth-order valence-corrected chi connectivity index (χ4v) is 1.04. The summed E-state index contributed by atoms with van der Waals surface area (Å²) in [5, 5.41) is 0. The minimum Gasteiger partial charge on any atom is -0.326 e. The smallest absolute Gasteiger partial charge is 0.137 e. The van der Waals surface area contributed by atoms with Gasteiger partial charge in [-0.25, -0.2) is 8.78 Å². The predicted molar refractivity (Wildman–Crippen MR) is 49.2 cm³/mol. The van der Waals surface area contributed by atoms with Crippen molar-refractivity contribution >= 4 is 28.3 Å². The van der Waals surface area contributed by atoms with Gasteiger partial charge < -0.3 is 5.73 Å². The summed E-state index contributed by atoms with van der Waals surface area (Å²) in [6, 6.07) is 2.15. The van der Waals surface area contributed by atoms with Gasteiger partial charge in [-0.05, 0) is 28.1 Å². The van der Waals surface area contributed by atoms with Gasteiger partial charge in [0.05, 0.1) is 4.47 Å². The number of hydrogen-bond donors (Lipinski definition) is 1. The molecule has 0 aliphatic carbocycles. The molecule has 0 radical (unpaired) electrons. The molecule has 68 valence electrons. The van der Waals surface area contributed by atoms with Gasteiger partial charge in [-0.1, -0.05) is 0 Å². The van der Waals surface area contributed by atoms with Gasteiger partial charge >= 0.3 is 0 Å². The summed E-state index contributed by atoms with van der Waals surface area (Å²) >= 11 is 2.85. The van der Waals surface area contributed by atoms with Crippen molar-refractivity contribution in [3.8, 4) is 0 Å². The van der Waals surface area contributed by atoms with Crippen LogP contribution in [-0.4, -0.2) is 0 Å². The van der Waals surface area contributed by atoms with E-state index >= 15 is 0 Å². The minimum absolute atomic E-state index is 0. The first kappa shape index (κ1) is 11.8.